The second-order valence-corrected chi connectivity index (χ2v) is 5.43. The molecule has 2 aromatic rings. The van der Waals surface area contributed by atoms with Gasteiger partial charge in [-0.3, -0.25) is 4.79 Å². The quantitative estimate of drug-likeness (QED) is 0.934. The smallest absolute Gasteiger partial charge is 0.251 e. The highest BCUT2D eigenvalue weighted by Crippen LogP contribution is 2.29. The summed E-state index contributed by atoms with van der Waals surface area (Å²) in [6.07, 6.45) is 3.08. The van der Waals surface area contributed by atoms with E-state index in [0.29, 0.717) is 18.7 Å². The molecule has 2 heterocycles. The maximum atomic E-state index is 13.2. The first-order valence-corrected chi connectivity index (χ1v) is 7.19. The summed E-state index contributed by atoms with van der Waals surface area (Å²) in [5, 5.41) is 16.8. The van der Waals surface area contributed by atoms with Crippen LogP contribution in [0, 0.1) is 12.7 Å². The van der Waals surface area contributed by atoms with E-state index in [2.05, 4.69) is 10.3 Å². The zero-order valence-electron chi connectivity index (χ0n) is 12.2. The number of hydrogen-bond acceptors (Lipinski definition) is 4. The fourth-order valence-electron chi connectivity index (χ4n) is 2.80. The maximum Gasteiger partial charge on any atom is 0.251 e. The van der Waals surface area contributed by atoms with Gasteiger partial charge >= 0.3 is 0 Å². The van der Waals surface area contributed by atoms with E-state index in [1.54, 1.807) is 24.1 Å². The Morgan fingerprint density at radius 3 is 2.95 bits per heavy atom. The molecule has 0 saturated carbocycles. The molecule has 1 saturated heterocycles. The number of aliphatic hydroxyl groups excluding tert-OH is 1. The minimum atomic E-state index is -0.439. The zero-order chi connectivity index (χ0) is 15.7. The summed E-state index contributed by atoms with van der Waals surface area (Å²) in [6.45, 7) is 2.18. The van der Waals surface area contributed by atoms with Gasteiger partial charge in [-0.05, 0) is 43.5 Å². The number of anilines is 1. The summed E-state index contributed by atoms with van der Waals surface area (Å²) in [5.74, 6) is -0.401. The van der Waals surface area contributed by atoms with E-state index in [0.717, 1.165) is 17.7 Å². The van der Waals surface area contributed by atoms with Crippen molar-refractivity contribution in [1.29, 1.82) is 0 Å². The van der Waals surface area contributed by atoms with Gasteiger partial charge in [-0.2, -0.15) is 0 Å². The predicted molar refractivity (Wildman–Crippen MR) is 77.7 cm³/mol. The van der Waals surface area contributed by atoms with Crippen LogP contribution in [0.1, 0.15) is 30.1 Å². The predicted octanol–water partition coefficient (Wildman–Crippen LogP) is 1.59. The molecule has 22 heavy (non-hydrogen) atoms. The van der Waals surface area contributed by atoms with Crippen molar-refractivity contribution in [2.75, 3.05) is 11.4 Å². The first kappa shape index (κ1) is 14.6. The Kier molecular flexibility index (Phi) is 3.89. The second-order valence-electron chi connectivity index (χ2n) is 5.43. The molecule has 116 valence electrons. The largest absolute Gasteiger partial charge is 0.390 e. The Bertz CT molecular complexity index is 701. The summed E-state index contributed by atoms with van der Waals surface area (Å²) in [4.78, 5) is 14.4. The van der Waals surface area contributed by atoms with Gasteiger partial charge in [0.1, 0.15) is 17.6 Å². The number of amides is 1. The molecule has 0 spiro atoms. The fourth-order valence-corrected chi connectivity index (χ4v) is 2.80. The molecule has 3 rings (SSSR count). The van der Waals surface area contributed by atoms with E-state index in [9.17, 15) is 9.18 Å². The van der Waals surface area contributed by atoms with E-state index in [1.165, 1.54) is 16.8 Å². The fraction of sp³-hybridized carbons (Fsp3) is 0.400. The minimum absolute atomic E-state index is 0.0876. The van der Waals surface area contributed by atoms with Crippen LogP contribution in [0.25, 0.3) is 0 Å². The minimum Gasteiger partial charge on any atom is -0.390 e. The zero-order valence-corrected chi connectivity index (χ0v) is 12.2. The van der Waals surface area contributed by atoms with E-state index in [4.69, 9.17) is 5.11 Å². The molecule has 1 unspecified atom stereocenters. The van der Waals surface area contributed by atoms with Crippen LogP contribution in [0.3, 0.4) is 0 Å². The first-order chi connectivity index (χ1) is 10.6. The summed E-state index contributed by atoms with van der Waals surface area (Å²) in [5.41, 5.74) is 1.88. The van der Waals surface area contributed by atoms with Gasteiger partial charge in [-0.15, -0.1) is 5.10 Å². The van der Waals surface area contributed by atoms with E-state index in [1.807, 2.05) is 0 Å². The Balaban J connectivity index is 1.89. The van der Waals surface area contributed by atoms with Crippen molar-refractivity contribution >= 4 is 11.6 Å². The van der Waals surface area contributed by atoms with Crippen molar-refractivity contribution in [3.63, 3.8) is 0 Å². The summed E-state index contributed by atoms with van der Waals surface area (Å²) in [6, 6.07) is 3.97. The maximum absolute atomic E-state index is 13.2. The summed E-state index contributed by atoms with van der Waals surface area (Å²) < 4.78 is 14.7. The number of hydrogen-bond donors (Lipinski definition) is 1. The molecule has 1 aliphatic heterocycles. The van der Waals surface area contributed by atoms with Gasteiger partial charge < -0.3 is 10.0 Å². The van der Waals surface area contributed by atoms with E-state index < -0.39 is 6.04 Å². The number of aryl methyl sites for hydroxylation is 1. The second kappa shape index (κ2) is 5.84. The highest BCUT2D eigenvalue weighted by atomic mass is 19.1. The van der Waals surface area contributed by atoms with Crippen LogP contribution in [-0.4, -0.2) is 32.6 Å². The Morgan fingerprint density at radius 1 is 1.45 bits per heavy atom. The number of aliphatic hydroxyl groups is 1. The van der Waals surface area contributed by atoms with Gasteiger partial charge in [-0.1, -0.05) is 5.21 Å². The number of aromatic nitrogens is 3. The highest BCUT2D eigenvalue weighted by Gasteiger charge is 2.32. The third kappa shape index (κ3) is 2.59. The Morgan fingerprint density at radius 2 is 2.27 bits per heavy atom. The molecule has 0 bridgehead atoms. The molecule has 6 nitrogen and oxygen atoms in total. The summed E-state index contributed by atoms with van der Waals surface area (Å²) in [7, 11) is 0. The van der Waals surface area contributed by atoms with Gasteiger partial charge in [0.15, 0.2) is 0 Å². The molecule has 0 aliphatic carbocycles. The lowest BCUT2D eigenvalue weighted by molar-refractivity contribution is -0.123. The Hall–Kier alpha value is -2.28. The first-order valence-electron chi connectivity index (χ1n) is 7.19. The SMILES string of the molecule is Cc1cc(F)ccc1N1CCCC(n2cc(CO)nn2)C1=O. The van der Waals surface area contributed by atoms with Crippen molar-refractivity contribution in [3.05, 3.63) is 41.5 Å². The molecule has 1 N–H and O–H groups in total. The highest BCUT2D eigenvalue weighted by molar-refractivity contribution is 5.97. The number of rotatable bonds is 3. The van der Waals surface area contributed by atoms with Gasteiger partial charge in [0.25, 0.3) is 5.91 Å². The van der Waals surface area contributed by atoms with Crippen molar-refractivity contribution in [1.82, 2.24) is 15.0 Å². The molecular formula is C15H17FN4O2. The third-order valence-electron chi connectivity index (χ3n) is 3.90. The van der Waals surface area contributed by atoms with Crippen LogP contribution in [-0.2, 0) is 11.4 Å². The molecule has 1 amide bonds. The lowest BCUT2D eigenvalue weighted by Crippen LogP contribution is -2.42. The molecule has 1 atom stereocenters. The van der Waals surface area contributed by atoms with Gasteiger partial charge in [-0.25, -0.2) is 9.07 Å². The third-order valence-corrected chi connectivity index (χ3v) is 3.90. The number of benzene rings is 1. The summed E-state index contributed by atoms with van der Waals surface area (Å²) >= 11 is 0. The van der Waals surface area contributed by atoms with Crippen molar-refractivity contribution in [3.8, 4) is 0 Å². The average Bonchev–Trinajstić information content (AvgIpc) is 2.97. The van der Waals surface area contributed by atoms with Crippen LogP contribution in [0.2, 0.25) is 0 Å². The van der Waals surface area contributed by atoms with Gasteiger partial charge in [0.2, 0.25) is 0 Å². The number of nitrogens with zero attached hydrogens (tertiary/aromatic N) is 4. The molecule has 0 radical (unpaired) electrons. The topological polar surface area (TPSA) is 71.2 Å². The lowest BCUT2D eigenvalue weighted by atomic mass is 10.0. The van der Waals surface area contributed by atoms with Crippen LogP contribution in [0.4, 0.5) is 10.1 Å². The lowest BCUT2D eigenvalue weighted by Gasteiger charge is -2.33. The number of halogens is 1. The number of piperidine rings is 1. The average molecular weight is 304 g/mol. The Labute approximate surface area is 127 Å². The molecular weight excluding hydrogens is 287 g/mol. The van der Waals surface area contributed by atoms with E-state index in [-0.39, 0.29) is 18.3 Å². The van der Waals surface area contributed by atoms with Gasteiger partial charge in [0.05, 0.1) is 12.8 Å². The monoisotopic (exact) mass is 304 g/mol. The van der Waals surface area contributed by atoms with Crippen LogP contribution in [0.15, 0.2) is 24.4 Å². The van der Waals surface area contributed by atoms with Crippen LogP contribution in [0.5, 0.6) is 0 Å². The number of carbonyl (C=O) groups excluding carboxylic acids is 1. The van der Waals surface area contributed by atoms with Crippen LogP contribution < -0.4 is 4.90 Å². The van der Waals surface area contributed by atoms with Crippen molar-refractivity contribution in [2.45, 2.75) is 32.4 Å². The number of carbonyl (C=O) groups is 1. The van der Waals surface area contributed by atoms with Crippen molar-refractivity contribution < 1.29 is 14.3 Å². The van der Waals surface area contributed by atoms with Gasteiger partial charge in [0, 0.05) is 12.2 Å². The standard InChI is InChI=1S/C15H17FN4O2/c1-10-7-11(16)4-5-13(10)19-6-2-3-14(15(19)22)20-8-12(9-21)17-18-20/h4-5,7-8,14,21H,2-3,6,9H2,1H3. The van der Waals surface area contributed by atoms with Crippen LogP contribution >= 0.6 is 0 Å². The molecule has 1 aromatic carbocycles. The normalized spacial score (nSPS) is 18.8. The molecule has 1 aromatic heterocycles. The molecule has 1 aliphatic rings. The van der Waals surface area contributed by atoms with Crippen molar-refractivity contribution in [2.24, 2.45) is 0 Å². The van der Waals surface area contributed by atoms with E-state index >= 15 is 0 Å². The molecule has 7 heteroatoms. The molecule has 1 fully saturated rings.